The first kappa shape index (κ1) is 15.4. The zero-order valence-corrected chi connectivity index (χ0v) is 13.4. The minimum atomic E-state index is -1.87. The van der Waals surface area contributed by atoms with Gasteiger partial charge in [-0.2, -0.15) is 0 Å². The first-order valence-corrected chi connectivity index (χ1v) is 12.3. The zero-order valence-electron chi connectivity index (χ0n) is 11.4. The van der Waals surface area contributed by atoms with Crippen LogP contribution in [0.4, 0.5) is 0 Å². The Kier molecular flexibility index (Phi) is 6.99. The SMILES string of the molecule is CCCO[Si](C)(C[Si](C)(C)C)OCCC. The van der Waals surface area contributed by atoms with E-state index >= 15 is 0 Å². The predicted molar refractivity (Wildman–Crippen MR) is 72.3 cm³/mol. The average molecular weight is 249 g/mol. The van der Waals surface area contributed by atoms with E-state index in [1.165, 1.54) is 5.67 Å². The van der Waals surface area contributed by atoms with Crippen molar-refractivity contribution >= 4 is 16.6 Å². The standard InChI is InChI=1S/C11H28O2Si2/c1-7-9-12-15(6,13-10-8-2)11-14(3,4)5/h7-11H2,1-6H3. The van der Waals surface area contributed by atoms with E-state index in [9.17, 15) is 0 Å². The molecule has 15 heavy (non-hydrogen) atoms. The van der Waals surface area contributed by atoms with Gasteiger partial charge in [0.25, 0.3) is 0 Å². The third-order valence-electron chi connectivity index (χ3n) is 2.07. The van der Waals surface area contributed by atoms with Crippen LogP contribution >= 0.6 is 0 Å². The van der Waals surface area contributed by atoms with Crippen molar-refractivity contribution in [3.8, 4) is 0 Å². The molecule has 0 heterocycles. The topological polar surface area (TPSA) is 18.5 Å². The Labute approximate surface area is 97.6 Å². The predicted octanol–water partition coefficient (Wildman–Crippen LogP) is 3.79. The molecule has 0 amide bonds. The van der Waals surface area contributed by atoms with Gasteiger partial charge >= 0.3 is 8.56 Å². The smallest absolute Gasteiger partial charge is 0.332 e. The van der Waals surface area contributed by atoms with Gasteiger partial charge in [0.1, 0.15) is 0 Å². The van der Waals surface area contributed by atoms with Crippen LogP contribution in [0.25, 0.3) is 0 Å². The molecule has 0 saturated carbocycles. The normalized spacial score (nSPS) is 13.2. The first-order valence-electron chi connectivity index (χ1n) is 6.11. The molecular weight excluding hydrogens is 220 g/mol. The van der Waals surface area contributed by atoms with Crippen molar-refractivity contribution in [3.63, 3.8) is 0 Å². The number of hydrogen-bond acceptors (Lipinski definition) is 2. The van der Waals surface area contributed by atoms with Crippen molar-refractivity contribution in [3.05, 3.63) is 0 Å². The van der Waals surface area contributed by atoms with E-state index in [2.05, 4.69) is 40.0 Å². The van der Waals surface area contributed by atoms with Crippen LogP contribution in [-0.2, 0) is 8.85 Å². The summed E-state index contributed by atoms with van der Waals surface area (Å²) in [6.07, 6.45) is 2.17. The minimum Gasteiger partial charge on any atom is -0.395 e. The Bertz CT molecular complexity index is 158. The second-order valence-electron chi connectivity index (χ2n) is 5.57. The summed E-state index contributed by atoms with van der Waals surface area (Å²) in [6, 6.07) is 0. The van der Waals surface area contributed by atoms with Crippen molar-refractivity contribution in [2.24, 2.45) is 0 Å². The van der Waals surface area contributed by atoms with Crippen molar-refractivity contribution in [2.75, 3.05) is 13.2 Å². The fourth-order valence-electron chi connectivity index (χ4n) is 1.74. The Hall–Kier alpha value is 0.354. The molecule has 0 aliphatic carbocycles. The van der Waals surface area contributed by atoms with Crippen molar-refractivity contribution in [2.45, 2.75) is 58.5 Å². The van der Waals surface area contributed by atoms with Gasteiger partial charge in [-0.15, -0.1) is 0 Å². The summed E-state index contributed by atoms with van der Waals surface area (Å²) in [6.45, 7) is 15.4. The molecule has 0 aromatic rings. The van der Waals surface area contributed by atoms with Crippen LogP contribution in [-0.4, -0.2) is 29.8 Å². The van der Waals surface area contributed by atoms with Crippen LogP contribution in [0, 0.1) is 0 Å². The Morgan fingerprint density at radius 2 is 1.20 bits per heavy atom. The quantitative estimate of drug-likeness (QED) is 0.609. The second-order valence-corrected chi connectivity index (χ2v) is 14.9. The highest BCUT2D eigenvalue weighted by molar-refractivity contribution is 6.90. The van der Waals surface area contributed by atoms with Crippen LogP contribution in [0.15, 0.2) is 0 Å². The van der Waals surface area contributed by atoms with Gasteiger partial charge in [-0.25, -0.2) is 0 Å². The Morgan fingerprint density at radius 1 is 0.800 bits per heavy atom. The van der Waals surface area contributed by atoms with Gasteiger partial charge in [0.05, 0.1) is 0 Å². The highest BCUT2D eigenvalue weighted by atomic mass is 28.4. The van der Waals surface area contributed by atoms with E-state index in [1.54, 1.807) is 0 Å². The van der Waals surface area contributed by atoms with Crippen molar-refractivity contribution in [1.82, 2.24) is 0 Å². The molecule has 0 aromatic carbocycles. The van der Waals surface area contributed by atoms with Gasteiger partial charge in [-0.3, -0.25) is 0 Å². The summed E-state index contributed by atoms with van der Waals surface area (Å²) in [7, 11) is -2.95. The van der Waals surface area contributed by atoms with Crippen LogP contribution in [0.1, 0.15) is 26.7 Å². The van der Waals surface area contributed by atoms with Crippen LogP contribution in [0.2, 0.25) is 31.9 Å². The van der Waals surface area contributed by atoms with E-state index in [-0.39, 0.29) is 0 Å². The molecule has 0 aliphatic heterocycles. The molecule has 0 unspecified atom stereocenters. The first-order chi connectivity index (χ1) is 6.83. The Morgan fingerprint density at radius 3 is 1.47 bits per heavy atom. The van der Waals surface area contributed by atoms with Gasteiger partial charge in [0.2, 0.25) is 0 Å². The number of rotatable bonds is 8. The van der Waals surface area contributed by atoms with Gasteiger partial charge in [-0.1, -0.05) is 33.5 Å². The average Bonchev–Trinajstić information content (AvgIpc) is 2.09. The molecule has 0 atom stereocenters. The molecule has 2 nitrogen and oxygen atoms in total. The van der Waals surface area contributed by atoms with E-state index < -0.39 is 16.6 Å². The lowest BCUT2D eigenvalue weighted by atomic mass is 10.5. The zero-order chi connectivity index (χ0) is 11.9. The Balaban J connectivity index is 4.26. The fraction of sp³-hybridized carbons (Fsp3) is 1.00. The molecule has 0 N–H and O–H groups in total. The summed E-state index contributed by atoms with van der Waals surface area (Å²) in [5.74, 6) is 0. The van der Waals surface area contributed by atoms with Crippen LogP contribution in [0.5, 0.6) is 0 Å². The van der Waals surface area contributed by atoms with Gasteiger partial charge in [-0.05, 0) is 25.1 Å². The van der Waals surface area contributed by atoms with Crippen molar-refractivity contribution < 1.29 is 8.85 Å². The monoisotopic (exact) mass is 248 g/mol. The lowest BCUT2D eigenvalue weighted by Gasteiger charge is -2.31. The summed E-state index contributed by atoms with van der Waals surface area (Å²) >= 11 is 0. The molecule has 0 aliphatic rings. The molecule has 0 saturated heterocycles. The summed E-state index contributed by atoms with van der Waals surface area (Å²) in [5.41, 5.74) is 1.21. The highest BCUT2D eigenvalue weighted by Crippen LogP contribution is 2.22. The molecule has 0 rings (SSSR count). The van der Waals surface area contributed by atoms with Crippen LogP contribution < -0.4 is 0 Å². The molecule has 0 radical (unpaired) electrons. The fourth-order valence-corrected chi connectivity index (χ4v) is 11.6. The van der Waals surface area contributed by atoms with Crippen molar-refractivity contribution in [1.29, 1.82) is 0 Å². The second kappa shape index (κ2) is 6.83. The number of hydrogen-bond donors (Lipinski definition) is 0. The van der Waals surface area contributed by atoms with Gasteiger partial charge in [0, 0.05) is 21.3 Å². The third-order valence-corrected chi connectivity index (χ3v) is 10.5. The lowest BCUT2D eigenvalue weighted by Crippen LogP contribution is -2.46. The summed E-state index contributed by atoms with van der Waals surface area (Å²) in [4.78, 5) is 0. The molecular formula is C11H28O2Si2. The maximum atomic E-state index is 6.01. The minimum absolute atomic E-state index is 0.858. The molecule has 4 heteroatoms. The molecule has 0 aromatic heterocycles. The van der Waals surface area contributed by atoms with Gasteiger partial charge in [0.15, 0.2) is 0 Å². The van der Waals surface area contributed by atoms with E-state index in [0.29, 0.717) is 0 Å². The lowest BCUT2D eigenvalue weighted by molar-refractivity contribution is 0.177. The maximum Gasteiger partial charge on any atom is 0.332 e. The molecule has 92 valence electrons. The third kappa shape index (κ3) is 8.19. The largest absolute Gasteiger partial charge is 0.395 e. The van der Waals surface area contributed by atoms with E-state index in [4.69, 9.17) is 8.85 Å². The summed E-state index contributed by atoms with van der Waals surface area (Å²) in [5, 5.41) is 0. The van der Waals surface area contributed by atoms with E-state index in [0.717, 1.165) is 26.1 Å². The molecule has 0 bridgehead atoms. The maximum absolute atomic E-state index is 6.01. The van der Waals surface area contributed by atoms with Gasteiger partial charge < -0.3 is 8.85 Å². The molecule has 0 spiro atoms. The van der Waals surface area contributed by atoms with E-state index in [1.807, 2.05) is 0 Å². The molecule has 0 fully saturated rings. The highest BCUT2D eigenvalue weighted by Gasteiger charge is 2.36. The van der Waals surface area contributed by atoms with Crippen LogP contribution in [0.3, 0.4) is 0 Å². The summed E-state index contributed by atoms with van der Waals surface area (Å²) < 4.78 is 12.0.